The van der Waals surface area contributed by atoms with Gasteiger partial charge in [0.05, 0.1) is 26.9 Å². The van der Waals surface area contributed by atoms with Gasteiger partial charge in [0.25, 0.3) is 0 Å². The summed E-state index contributed by atoms with van der Waals surface area (Å²) < 4.78 is 34.5. The Morgan fingerprint density at radius 2 is 1.73 bits per heavy atom. The summed E-state index contributed by atoms with van der Waals surface area (Å²) in [5.41, 5.74) is 3.92. The molecule has 30 heavy (non-hydrogen) atoms. The van der Waals surface area contributed by atoms with Crippen molar-refractivity contribution in [3.63, 3.8) is 0 Å². The van der Waals surface area contributed by atoms with Gasteiger partial charge < -0.3 is 9.54 Å². The molecular weight excluding hydrogens is 408 g/mol. The van der Waals surface area contributed by atoms with Crippen LogP contribution in [0.15, 0.2) is 71.2 Å². The van der Waals surface area contributed by atoms with Crippen LogP contribution in [0.4, 0.5) is 11.6 Å². The van der Waals surface area contributed by atoms with E-state index in [-0.39, 0.29) is 0 Å². The number of hydrogen-bond acceptors (Lipinski definition) is 7. The van der Waals surface area contributed by atoms with Crippen LogP contribution < -0.4 is 4.57 Å². The van der Waals surface area contributed by atoms with E-state index in [4.69, 9.17) is 0 Å². The number of nitrogens with zero attached hydrogens (tertiary/aromatic N) is 5. The van der Waals surface area contributed by atoms with Crippen molar-refractivity contribution in [2.75, 3.05) is 7.11 Å². The highest BCUT2D eigenvalue weighted by molar-refractivity contribution is 7.80. The molecule has 0 aliphatic rings. The average molecular weight is 428 g/mol. The fourth-order valence-corrected chi connectivity index (χ4v) is 2.76. The van der Waals surface area contributed by atoms with Gasteiger partial charge in [-0.2, -0.15) is 0 Å². The van der Waals surface area contributed by atoms with E-state index in [0.29, 0.717) is 5.95 Å². The molecule has 156 valence electrons. The fourth-order valence-electron chi connectivity index (χ4n) is 2.76. The summed E-state index contributed by atoms with van der Waals surface area (Å²) in [5, 5.41) is 14.2. The molecule has 2 heterocycles. The first-order chi connectivity index (χ1) is 14.3. The van der Waals surface area contributed by atoms with Gasteiger partial charge in [0, 0.05) is 21.6 Å². The van der Waals surface area contributed by atoms with Gasteiger partial charge in [-0.3, -0.25) is 4.18 Å². The number of azo groups is 1. The Morgan fingerprint density at radius 3 is 2.33 bits per heavy atom. The number of para-hydroxylation sites is 1. The maximum atomic E-state index is 9.22. The highest BCUT2D eigenvalue weighted by Gasteiger charge is 2.16. The maximum absolute atomic E-state index is 9.22. The van der Waals surface area contributed by atoms with Crippen molar-refractivity contribution in [1.82, 2.24) is 14.8 Å². The third kappa shape index (κ3) is 4.95. The summed E-state index contributed by atoms with van der Waals surface area (Å²) in [6, 6.07) is 18.3. The van der Waals surface area contributed by atoms with Crippen LogP contribution in [0.5, 0.6) is 0 Å². The molecule has 0 atom stereocenters. The standard InChI is InChI=1S/C18H16N6.CH4O4S/c1-23-12-19-24(2)18(23)22-21-17-14-10-6-7-11-15(14)20-16(17)13-8-4-3-5-9-13;1-5-6(2,3)4/h3-12H,1-2H3;1H3,(H,2,3,4). The monoisotopic (exact) mass is 428 g/mol. The number of aromatic amines is 1. The zero-order chi connectivity index (χ0) is 21.7. The Hall–Kier alpha value is -3.41. The number of hydrogen-bond donors (Lipinski definition) is 1. The quantitative estimate of drug-likeness (QED) is 0.231. The van der Waals surface area contributed by atoms with Gasteiger partial charge in [0.1, 0.15) is 5.69 Å². The summed E-state index contributed by atoms with van der Waals surface area (Å²) in [6.45, 7) is 0. The molecule has 0 aliphatic heterocycles. The van der Waals surface area contributed by atoms with Gasteiger partial charge in [0.15, 0.2) is 0 Å². The van der Waals surface area contributed by atoms with Crippen molar-refractivity contribution in [2.24, 2.45) is 24.3 Å². The summed E-state index contributed by atoms with van der Waals surface area (Å²) in [6.07, 6.45) is 1.71. The van der Waals surface area contributed by atoms with Gasteiger partial charge in [0.2, 0.25) is 16.7 Å². The molecule has 11 heteroatoms. The molecule has 1 N–H and O–H groups in total. The minimum Gasteiger partial charge on any atom is -0.726 e. The fraction of sp³-hybridized carbons (Fsp3) is 0.158. The molecule has 0 spiro atoms. The van der Waals surface area contributed by atoms with Crippen molar-refractivity contribution in [1.29, 1.82) is 0 Å². The summed E-state index contributed by atoms with van der Waals surface area (Å²) in [5.74, 6) is 0.680. The Kier molecular flexibility index (Phi) is 6.35. The Bertz CT molecular complexity index is 1260. The molecule has 4 rings (SSSR count). The van der Waals surface area contributed by atoms with Crippen LogP contribution in [-0.2, 0) is 28.7 Å². The second-order valence-corrected chi connectivity index (χ2v) is 7.35. The lowest BCUT2D eigenvalue weighted by atomic mass is 10.1. The normalized spacial score (nSPS) is 11.6. The van der Waals surface area contributed by atoms with Gasteiger partial charge in [-0.1, -0.05) is 53.6 Å². The van der Waals surface area contributed by atoms with Crippen LogP contribution in [-0.4, -0.2) is 34.8 Å². The molecule has 0 fully saturated rings. The number of H-pyrrole nitrogens is 1. The molecule has 10 nitrogen and oxygen atoms in total. The van der Waals surface area contributed by atoms with Crippen molar-refractivity contribution >= 4 is 32.9 Å². The second kappa shape index (κ2) is 8.95. The minimum absolute atomic E-state index is 0.680. The molecule has 0 aliphatic carbocycles. The zero-order valence-electron chi connectivity index (χ0n) is 16.6. The second-order valence-electron chi connectivity index (χ2n) is 6.20. The Morgan fingerprint density at radius 1 is 1.10 bits per heavy atom. The van der Waals surface area contributed by atoms with Crippen LogP contribution in [0.25, 0.3) is 22.2 Å². The van der Waals surface area contributed by atoms with Crippen molar-refractivity contribution in [3.05, 3.63) is 60.9 Å². The first-order valence-electron chi connectivity index (χ1n) is 8.77. The Balaban J connectivity index is 0.000000377. The van der Waals surface area contributed by atoms with Gasteiger partial charge in [-0.25, -0.2) is 13.0 Å². The molecule has 4 aromatic rings. The van der Waals surface area contributed by atoms with Gasteiger partial charge in [-0.05, 0) is 11.2 Å². The van der Waals surface area contributed by atoms with E-state index in [1.807, 2.05) is 55.1 Å². The van der Waals surface area contributed by atoms with E-state index in [0.717, 1.165) is 35.0 Å². The molecule has 2 aromatic carbocycles. The number of fused-ring (bicyclic) bond motifs is 1. The highest BCUT2D eigenvalue weighted by Crippen LogP contribution is 2.37. The molecule has 2 aromatic heterocycles. The summed E-state index contributed by atoms with van der Waals surface area (Å²) >= 11 is 0. The lowest BCUT2D eigenvalue weighted by molar-refractivity contribution is -0.659. The van der Waals surface area contributed by atoms with E-state index in [2.05, 4.69) is 42.7 Å². The number of aryl methyl sites for hydroxylation is 2. The number of rotatable bonds is 4. The SMILES string of the molecule is COS(=O)(=O)[O-].Cn1nc[n+](C)c1N=Nc1c(-c2ccccc2)[nH]c2ccccc12. The molecule has 0 bridgehead atoms. The van der Waals surface area contributed by atoms with E-state index in [1.54, 1.807) is 11.0 Å². The third-order valence-electron chi connectivity index (χ3n) is 4.19. The topological polar surface area (TPSA) is 129 Å². The van der Waals surface area contributed by atoms with E-state index < -0.39 is 10.4 Å². The highest BCUT2D eigenvalue weighted by atomic mass is 32.3. The van der Waals surface area contributed by atoms with Gasteiger partial charge in [-0.15, -0.1) is 4.68 Å². The first kappa shape index (κ1) is 21.3. The smallest absolute Gasteiger partial charge is 0.403 e. The third-order valence-corrected chi connectivity index (χ3v) is 4.60. The van der Waals surface area contributed by atoms with Gasteiger partial charge >= 0.3 is 5.95 Å². The van der Waals surface area contributed by atoms with Crippen LogP contribution in [0.1, 0.15) is 0 Å². The number of aromatic nitrogens is 4. The largest absolute Gasteiger partial charge is 0.726 e. The zero-order valence-corrected chi connectivity index (χ0v) is 17.4. The molecule has 0 amide bonds. The van der Waals surface area contributed by atoms with Crippen molar-refractivity contribution in [2.45, 2.75) is 0 Å². The van der Waals surface area contributed by atoms with Crippen LogP contribution >= 0.6 is 0 Å². The van der Waals surface area contributed by atoms with E-state index >= 15 is 0 Å². The molecule has 0 radical (unpaired) electrons. The number of nitrogens with one attached hydrogen (secondary N) is 1. The molecule has 0 unspecified atom stereocenters. The van der Waals surface area contributed by atoms with Crippen LogP contribution in [0, 0.1) is 0 Å². The predicted octanol–water partition coefficient (Wildman–Crippen LogP) is 2.90. The average Bonchev–Trinajstić information content (AvgIpc) is 3.27. The predicted molar refractivity (Wildman–Crippen MR) is 109 cm³/mol. The van der Waals surface area contributed by atoms with Crippen molar-refractivity contribution in [3.8, 4) is 11.3 Å². The van der Waals surface area contributed by atoms with Crippen LogP contribution in [0.3, 0.4) is 0 Å². The van der Waals surface area contributed by atoms with Crippen LogP contribution in [0.2, 0.25) is 0 Å². The molecule has 0 saturated carbocycles. The Labute approximate surface area is 173 Å². The number of benzene rings is 2. The lowest BCUT2D eigenvalue weighted by Gasteiger charge is -1.98. The van der Waals surface area contributed by atoms with E-state index in [9.17, 15) is 13.0 Å². The van der Waals surface area contributed by atoms with E-state index in [1.165, 1.54) is 0 Å². The summed E-state index contributed by atoms with van der Waals surface area (Å²) in [4.78, 5) is 3.46. The minimum atomic E-state index is -4.41. The lowest BCUT2D eigenvalue weighted by Crippen LogP contribution is -2.25. The maximum Gasteiger partial charge on any atom is 0.403 e. The molecule has 0 saturated heterocycles. The van der Waals surface area contributed by atoms with Crippen molar-refractivity contribution < 1.29 is 21.7 Å². The summed E-state index contributed by atoms with van der Waals surface area (Å²) in [7, 11) is 0.142. The molecular formula is C19H20N6O4S. The first-order valence-corrected chi connectivity index (χ1v) is 10.1.